The van der Waals surface area contributed by atoms with Crippen molar-refractivity contribution in [2.45, 2.75) is 0 Å². The topological polar surface area (TPSA) is 53.5 Å². The van der Waals surface area contributed by atoms with Crippen molar-refractivity contribution < 1.29 is 0 Å². The molecule has 9 heteroatoms. The molecule has 0 aliphatic heterocycles. The smallest absolute Gasteiger partial charge is 0.164 e. The van der Waals surface area contributed by atoms with Crippen LogP contribution in [0.1, 0.15) is 0 Å². The standard InChI is InChI=1S/C75H42N6S3/c1-7-19-61-49(13-1)55-37-40-58-52-16-4-10-22-64(52)82-70(58)67(55)79(61)46-31-25-43(26-32-46)73-76-74(44-27-33-47(34-28-44)80-62-20-8-2-14-50(62)56-38-41-59-53-17-5-11-23-65(53)83-71(59)68(56)80)78-75(77-73)45-29-35-48(36-30-45)81-63-21-9-3-15-51(63)57-39-42-60-54-18-6-12-24-66(54)84-72(60)69(57)81/h1-42H. The monoisotopic (exact) mass is 1120 g/mol. The minimum atomic E-state index is 0.605. The van der Waals surface area contributed by atoms with Gasteiger partial charge in [0.2, 0.25) is 0 Å². The first kappa shape index (κ1) is 46.3. The van der Waals surface area contributed by atoms with Gasteiger partial charge >= 0.3 is 0 Å². The summed E-state index contributed by atoms with van der Waals surface area (Å²) in [5.41, 5.74) is 13.1. The van der Waals surface area contributed by atoms with Gasteiger partial charge in [-0.25, -0.2) is 15.0 Å². The Hall–Kier alpha value is -10.3. The summed E-state index contributed by atoms with van der Waals surface area (Å²) in [6.07, 6.45) is 0. The van der Waals surface area contributed by atoms with Gasteiger partial charge in [0.1, 0.15) is 0 Å². The molecule has 6 nitrogen and oxygen atoms in total. The van der Waals surface area contributed by atoms with Gasteiger partial charge in [-0.1, -0.05) is 146 Å². The maximum atomic E-state index is 5.35. The molecule has 0 N–H and O–H groups in total. The Bertz CT molecular complexity index is 5380. The van der Waals surface area contributed by atoms with E-state index in [1.54, 1.807) is 0 Å². The van der Waals surface area contributed by atoms with Crippen LogP contribution in [-0.4, -0.2) is 28.7 Å². The maximum absolute atomic E-state index is 5.35. The van der Waals surface area contributed by atoms with Gasteiger partial charge in [-0.3, -0.25) is 0 Å². The van der Waals surface area contributed by atoms with Crippen molar-refractivity contribution in [2.75, 3.05) is 0 Å². The van der Waals surface area contributed by atoms with Gasteiger partial charge < -0.3 is 13.7 Å². The maximum Gasteiger partial charge on any atom is 0.164 e. The van der Waals surface area contributed by atoms with Crippen molar-refractivity contribution in [3.8, 4) is 51.2 Å². The number of para-hydroxylation sites is 3. The predicted octanol–water partition coefficient (Wildman–Crippen LogP) is 21.3. The number of fused-ring (bicyclic) bond motifs is 21. The van der Waals surface area contributed by atoms with Crippen LogP contribution in [0.5, 0.6) is 0 Å². The van der Waals surface area contributed by atoms with Crippen LogP contribution in [0, 0.1) is 0 Å². The molecule has 0 saturated carbocycles. The van der Waals surface area contributed by atoms with E-state index in [0.717, 1.165) is 33.8 Å². The van der Waals surface area contributed by atoms with Gasteiger partial charge in [0.15, 0.2) is 17.5 Å². The van der Waals surface area contributed by atoms with E-state index in [-0.39, 0.29) is 0 Å². The molecule has 0 saturated heterocycles. The lowest BCUT2D eigenvalue weighted by Crippen LogP contribution is -2.01. The summed E-state index contributed by atoms with van der Waals surface area (Å²) in [4.78, 5) is 16.1. The fourth-order valence-corrected chi connectivity index (χ4v) is 17.3. The molecule has 0 radical (unpaired) electrons. The number of thiophene rings is 3. The Balaban J connectivity index is 0.772. The van der Waals surface area contributed by atoms with E-state index in [2.05, 4.69) is 268 Å². The van der Waals surface area contributed by atoms with Crippen molar-refractivity contribution in [3.63, 3.8) is 0 Å². The van der Waals surface area contributed by atoms with Crippen LogP contribution in [0.25, 0.3) is 177 Å². The van der Waals surface area contributed by atoms with Crippen molar-refractivity contribution in [1.29, 1.82) is 0 Å². The highest BCUT2D eigenvalue weighted by atomic mass is 32.1. The van der Waals surface area contributed by atoms with Crippen LogP contribution in [0.15, 0.2) is 255 Å². The Morgan fingerprint density at radius 1 is 0.214 bits per heavy atom. The molecule has 0 fully saturated rings. The normalized spacial score (nSPS) is 12.3. The second-order valence-corrected chi connectivity index (χ2v) is 25.0. The van der Waals surface area contributed by atoms with Crippen LogP contribution in [-0.2, 0) is 0 Å². The van der Waals surface area contributed by atoms with Crippen molar-refractivity contribution in [1.82, 2.24) is 28.7 Å². The Morgan fingerprint density at radius 3 is 0.762 bits per heavy atom. The summed E-state index contributed by atoms with van der Waals surface area (Å²) in [7, 11) is 0. The van der Waals surface area contributed by atoms with E-state index in [0.29, 0.717) is 17.5 Å². The molecule has 7 heterocycles. The SMILES string of the molecule is c1ccc2c(c1)sc1c2ccc2c3ccccc3n(-c3ccc(-c4nc(-c5ccc(-n6c7ccccc7c7ccc8c9ccccc9sc8c76)cc5)nc(-c5ccc(-n6c7ccccc7c7ccc8c9ccccc9sc8c76)cc5)n4)cc3)c21. The summed E-state index contributed by atoms with van der Waals surface area (Å²) in [5.74, 6) is 1.81. The van der Waals surface area contributed by atoms with E-state index < -0.39 is 0 Å². The fourth-order valence-electron chi connectivity index (χ4n) is 13.5. The van der Waals surface area contributed by atoms with E-state index in [4.69, 9.17) is 15.0 Å². The quantitative estimate of drug-likeness (QED) is 0.167. The van der Waals surface area contributed by atoms with Gasteiger partial charge in [-0.15, -0.1) is 34.0 Å². The van der Waals surface area contributed by atoms with E-state index in [1.807, 2.05) is 34.0 Å². The van der Waals surface area contributed by atoms with Crippen LogP contribution in [0.4, 0.5) is 0 Å². The lowest BCUT2D eigenvalue weighted by atomic mass is 10.1. The second-order valence-electron chi connectivity index (χ2n) is 21.8. The van der Waals surface area contributed by atoms with E-state index in [1.165, 1.54) is 126 Å². The molecule has 0 aliphatic carbocycles. The highest BCUT2D eigenvalue weighted by molar-refractivity contribution is 7.27. The van der Waals surface area contributed by atoms with Crippen molar-refractivity contribution in [3.05, 3.63) is 255 Å². The van der Waals surface area contributed by atoms with Crippen LogP contribution in [0.2, 0.25) is 0 Å². The van der Waals surface area contributed by atoms with Gasteiger partial charge in [0.05, 0.1) is 47.2 Å². The molecule has 19 aromatic rings. The lowest BCUT2D eigenvalue weighted by molar-refractivity contribution is 1.07. The van der Waals surface area contributed by atoms with Gasteiger partial charge in [-0.2, -0.15) is 0 Å². The number of hydrogen-bond donors (Lipinski definition) is 0. The average Bonchev–Trinajstić information content (AvgIpc) is 2.25. The molecular weight excluding hydrogens is 1080 g/mol. The summed E-state index contributed by atoms with van der Waals surface area (Å²) in [6, 6.07) is 92.7. The summed E-state index contributed by atoms with van der Waals surface area (Å²) in [6.45, 7) is 0. The first-order valence-corrected chi connectivity index (χ1v) is 30.7. The van der Waals surface area contributed by atoms with Crippen LogP contribution in [0.3, 0.4) is 0 Å². The second kappa shape index (κ2) is 17.6. The van der Waals surface area contributed by atoms with Crippen LogP contribution < -0.4 is 0 Å². The Labute approximate surface area is 491 Å². The molecule has 0 atom stereocenters. The summed E-state index contributed by atoms with van der Waals surface area (Å²) >= 11 is 5.60. The van der Waals surface area contributed by atoms with Crippen molar-refractivity contribution in [2.24, 2.45) is 0 Å². The summed E-state index contributed by atoms with van der Waals surface area (Å²) < 4.78 is 15.0. The van der Waals surface area contributed by atoms with Crippen molar-refractivity contribution >= 4 is 160 Å². The van der Waals surface area contributed by atoms with Gasteiger partial charge in [0.25, 0.3) is 0 Å². The number of aromatic nitrogens is 6. The molecule has 12 aromatic carbocycles. The zero-order valence-corrected chi connectivity index (χ0v) is 47.1. The number of benzene rings is 12. The molecule has 84 heavy (non-hydrogen) atoms. The molecule has 19 rings (SSSR count). The first-order valence-electron chi connectivity index (χ1n) is 28.2. The Kier molecular flexibility index (Phi) is 9.71. The largest absolute Gasteiger partial charge is 0.308 e. The van der Waals surface area contributed by atoms with Gasteiger partial charge in [0, 0.05) is 112 Å². The minimum absolute atomic E-state index is 0.605. The highest BCUT2D eigenvalue weighted by Gasteiger charge is 2.23. The highest BCUT2D eigenvalue weighted by Crippen LogP contribution is 2.47. The number of hydrogen-bond acceptors (Lipinski definition) is 6. The molecule has 7 aromatic heterocycles. The first-order chi connectivity index (χ1) is 41.6. The fraction of sp³-hybridized carbons (Fsp3) is 0. The van der Waals surface area contributed by atoms with E-state index >= 15 is 0 Å². The molecular formula is C75H42N6S3. The summed E-state index contributed by atoms with van der Waals surface area (Å²) in [5, 5.41) is 15.1. The Morgan fingerprint density at radius 2 is 0.464 bits per heavy atom. The zero-order valence-electron chi connectivity index (χ0n) is 44.7. The predicted molar refractivity (Wildman–Crippen MR) is 358 cm³/mol. The molecule has 0 aliphatic rings. The molecule has 390 valence electrons. The van der Waals surface area contributed by atoms with E-state index in [9.17, 15) is 0 Å². The zero-order chi connectivity index (χ0) is 54.7. The third-order valence-corrected chi connectivity index (χ3v) is 20.9. The molecule has 0 bridgehead atoms. The number of rotatable bonds is 6. The number of nitrogens with zero attached hydrogens (tertiary/aromatic N) is 6. The molecule has 0 unspecified atom stereocenters. The third kappa shape index (κ3) is 6.62. The third-order valence-electron chi connectivity index (χ3n) is 17.3. The molecule has 0 spiro atoms. The van der Waals surface area contributed by atoms with Gasteiger partial charge in [-0.05, 0) is 109 Å². The average molecular weight is 1120 g/mol. The lowest BCUT2D eigenvalue weighted by Gasteiger charge is -2.13. The molecule has 0 amide bonds. The minimum Gasteiger partial charge on any atom is -0.308 e. The van der Waals surface area contributed by atoms with Crippen LogP contribution >= 0.6 is 34.0 Å².